The van der Waals surface area contributed by atoms with Crippen molar-refractivity contribution in [2.45, 2.75) is 26.3 Å². The summed E-state index contributed by atoms with van der Waals surface area (Å²) in [5, 5.41) is 2.50. The number of benzene rings is 2. The van der Waals surface area contributed by atoms with Crippen LogP contribution in [0.15, 0.2) is 65.0 Å². The van der Waals surface area contributed by atoms with Crippen LogP contribution in [-0.4, -0.2) is 9.55 Å². The Kier molecular flexibility index (Phi) is 4.62. The van der Waals surface area contributed by atoms with Gasteiger partial charge < -0.3 is 0 Å². The van der Waals surface area contributed by atoms with Crippen LogP contribution in [0.1, 0.15) is 30.9 Å². The number of hydrogen-bond acceptors (Lipinski definition) is 3. The topological polar surface area (TPSA) is 34.9 Å². The highest BCUT2D eigenvalue weighted by molar-refractivity contribution is 7.17. The van der Waals surface area contributed by atoms with Gasteiger partial charge in [-0.1, -0.05) is 50.2 Å². The molecule has 0 aliphatic rings. The first kappa shape index (κ1) is 17.6. The Hall–Kier alpha value is -2.79. The van der Waals surface area contributed by atoms with Crippen molar-refractivity contribution in [1.29, 1.82) is 0 Å². The van der Waals surface area contributed by atoms with Gasteiger partial charge in [0.2, 0.25) is 0 Å². The molecule has 5 heteroatoms. The van der Waals surface area contributed by atoms with E-state index in [2.05, 4.69) is 43.1 Å². The van der Waals surface area contributed by atoms with Gasteiger partial charge in [0.1, 0.15) is 10.6 Å². The van der Waals surface area contributed by atoms with Crippen molar-refractivity contribution in [2.24, 2.45) is 0 Å². The highest BCUT2D eigenvalue weighted by Crippen LogP contribution is 2.30. The summed E-state index contributed by atoms with van der Waals surface area (Å²) in [7, 11) is 0. The summed E-state index contributed by atoms with van der Waals surface area (Å²) < 4.78 is 14.9. The van der Waals surface area contributed by atoms with E-state index in [0.717, 1.165) is 16.7 Å². The normalized spacial score (nSPS) is 11.4. The van der Waals surface area contributed by atoms with E-state index in [0.29, 0.717) is 22.7 Å². The summed E-state index contributed by atoms with van der Waals surface area (Å²) >= 11 is 1.43. The van der Waals surface area contributed by atoms with E-state index >= 15 is 0 Å². The average molecular weight is 378 g/mol. The number of hydrogen-bond donors (Lipinski definition) is 0. The molecule has 0 aliphatic heterocycles. The van der Waals surface area contributed by atoms with Crippen LogP contribution in [0.4, 0.5) is 4.39 Å². The summed E-state index contributed by atoms with van der Waals surface area (Å²) in [5.41, 5.74) is 3.88. The third kappa shape index (κ3) is 3.43. The van der Waals surface area contributed by atoms with Gasteiger partial charge in [0.15, 0.2) is 0 Å². The van der Waals surface area contributed by atoms with Crippen LogP contribution in [0.25, 0.3) is 21.3 Å². The van der Waals surface area contributed by atoms with Crippen molar-refractivity contribution < 1.29 is 4.39 Å². The smallest absolute Gasteiger partial charge is 0.263 e. The maximum absolute atomic E-state index is 13.2. The second kappa shape index (κ2) is 7.08. The quantitative estimate of drug-likeness (QED) is 0.474. The SMILES string of the molecule is CC(C)c1ccc(Cn2cnc3scc(-c4ccc(F)cc4)c3c2=O)cc1. The fourth-order valence-electron chi connectivity index (χ4n) is 3.13. The molecule has 0 saturated carbocycles. The van der Waals surface area contributed by atoms with E-state index in [-0.39, 0.29) is 11.4 Å². The summed E-state index contributed by atoms with van der Waals surface area (Å²) in [4.78, 5) is 18.2. The number of nitrogens with zero attached hydrogens (tertiary/aromatic N) is 2. The largest absolute Gasteiger partial charge is 0.294 e. The predicted molar refractivity (Wildman–Crippen MR) is 109 cm³/mol. The molecule has 3 nitrogen and oxygen atoms in total. The summed E-state index contributed by atoms with van der Waals surface area (Å²) in [6, 6.07) is 14.5. The molecule has 0 saturated heterocycles. The average Bonchev–Trinajstić information content (AvgIpc) is 3.10. The second-order valence-corrected chi connectivity index (χ2v) is 7.77. The van der Waals surface area contributed by atoms with Crippen molar-refractivity contribution in [3.05, 3.63) is 87.5 Å². The van der Waals surface area contributed by atoms with Crippen LogP contribution in [0.3, 0.4) is 0 Å². The number of thiophene rings is 1. The summed E-state index contributed by atoms with van der Waals surface area (Å²) in [6.45, 7) is 4.79. The van der Waals surface area contributed by atoms with Crippen LogP contribution in [0.5, 0.6) is 0 Å². The van der Waals surface area contributed by atoms with E-state index in [4.69, 9.17) is 0 Å². The zero-order valence-electron chi connectivity index (χ0n) is 15.1. The Labute approximate surface area is 160 Å². The van der Waals surface area contributed by atoms with Gasteiger partial charge in [-0.05, 0) is 34.7 Å². The molecule has 0 radical (unpaired) electrons. The molecule has 0 atom stereocenters. The van der Waals surface area contributed by atoms with Gasteiger partial charge in [0.05, 0.1) is 18.3 Å². The van der Waals surface area contributed by atoms with Crippen molar-refractivity contribution in [3.8, 4) is 11.1 Å². The first-order chi connectivity index (χ1) is 13.0. The molecule has 0 aliphatic carbocycles. The first-order valence-electron chi connectivity index (χ1n) is 8.84. The van der Waals surface area contributed by atoms with Crippen LogP contribution in [0, 0.1) is 5.82 Å². The molecule has 2 aromatic heterocycles. The van der Waals surface area contributed by atoms with Crippen LogP contribution >= 0.6 is 11.3 Å². The van der Waals surface area contributed by atoms with Crippen LogP contribution in [0.2, 0.25) is 0 Å². The maximum atomic E-state index is 13.2. The predicted octanol–water partition coefficient (Wildman–Crippen LogP) is 5.44. The molecule has 0 bridgehead atoms. The Bertz CT molecular complexity index is 1140. The maximum Gasteiger partial charge on any atom is 0.263 e. The van der Waals surface area contributed by atoms with Crippen LogP contribution in [-0.2, 0) is 6.54 Å². The highest BCUT2D eigenvalue weighted by Gasteiger charge is 2.13. The number of fused-ring (bicyclic) bond motifs is 1. The van der Waals surface area contributed by atoms with E-state index in [9.17, 15) is 9.18 Å². The van der Waals surface area contributed by atoms with Gasteiger partial charge in [-0.15, -0.1) is 11.3 Å². The lowest BCUT2D eigenvalue weighted by atomic mass is 10.0. The standard InChI is InChI=1S/C22H19FN2OS/c1-14(2)16-5-3-15(4-6-16)11-25-13-24-21-20(22(25)26)19(12-27-21)17-7-9-18(23)10-8-17/h3-10,12-14H,11H2,1-2H3. The molecule has 0 N–H and O–H groups in total. The van der Waals surface area contributed by atoms with Gasteiger partial charge >= 0.3 is 0 Å². The first-order valence-corrected chi connectivity index (χ1v) is 9.72. The molecule has 0 spiro atoms. The van der Waals surface area contributed by atoms with Crippen molar-refractivity contribution in [2.75, 3.05) is 0 Å². The Morgan fingerprint density at radius 3 is 2.44 bits per heavy atom. The minimum Gasteiger partial charge on any atom is -0.294 e. The lowest BCUT2D eigenvalue weighted by Gasteiger charge is -2.09. The van der Waals surface area contributed by atoms with Crippen molar-refractivity contribution in [3.63, 3.8) is 0 Å². The summed E-state index contributed by atoms with van der Waals surface area (Å²) in [5.74, 6) is 0.183. The lowest BCUT2D eigenvalue weighted by Crippen LogP contribution is -2.21. The Morgan fingerprint density at radius 1 is 1.07 bits per heavy atom. The number of halogens is 1. The fourth-order valence-corrected chi connectivity index (χ4v) is 4.03. The molecular formula is C22H19FN2OS. The zero-order valence-corrected chi connectivity index (χ0v) is 16.0. The van der Waals surface area contributed by atoms with Gasteiger partial charge in [-0.2, -0.15) is 0 Å². The highest BCUT2D eigenvalue weighted by atomic mass is 32.1. The molecule has 0 unspecified atom stereocenters. The third-order valence-electron chi connectivity index (χ3n) is 4.72. The minimum atomic E-state index is -0.293. The van der Waals surface area contributed by atoms with Crippen LogP contribution < -0.4 is 5.56 Å². The molecule has 136 valence electrons. The number of aromatic nitrogens is 2. The summed E-state index contributed by atoms with van der Waals surface area (Å²) in [6.07, 6.45) is 1.60. The number of rotatable bonds is 4. The van der Waals surface area contributed by atoms with Gasteiger partial charge in [-0.25, -0.2) is 9.37 Å². The molecule has 2 heterocycles. The monoisotopic (exact) mass is 378 g/mol. The Morgan fingerprint density at radius 2 is 1.78 bits per heavy atom. The fraction of sp³-hybridized carbons (Fsp3) is 0.182. The molecular weight excluding hydrogens is 359 g/mol. The minimum absolute atomic E-state index is 0.0755. The lowest BCUT2D eigenvalue weighted by molar-refractivity contribution is 0.628. The second-order valence-electron chi connectivity index (χ2n) is 6.91. The zero-order chi connectivity index (χ0) is 19.0. The van der Waals surface area contributed by atoms with E-state index in [1.165, 1.54) is 29.0 Å². The van der Waals surface area contributed by atoms with Gasteiger partial charge in [0.25, 0.3) is 5.56 Å². The van der Waals surface area contributed by atoms with Gasteiger partial charge in [-0.3, -0.25) is 9.36 Å². The molecule has 0 fully saturated rings. The van der Waals surface area contributed by atoms with Crippen molar-refractivity contribution in [1.82, 2.24) is 9.55 Å². The van der Waals surface area contributed by atoms with E-state index in [1.807, 2.05) is 5.38 Å². The van der Waals surface area contributed by atoms with Crippen molar-refractivity contribution >= 4 is 21.6 Å². The van der Waals surface area contributed by atoms with Gasteiger partial charge in [0, 0.05) is 10.9 Å². The molecule has 4 rings (SSSR count). The Balaban J connectivity index is 1.74. The third-order valence-corrected chi connectivity index (χ3v) is 5.60. The molecule has 2 aromatic carbocycles. The molecule has 4 aromatic rings. The van der Waals surface area contributed by atoms with E-state index in [1.54, 1.807) is 23.0 Å². The molecule has 0 amide bonds. The van der Waals surface area contributed by atoms with E-state index < -0.39 is 0 Å². The molecule has 27 heavy (non-hydrogen) atoms.